The van der Waals surface area contributed by atoms with Crippen molar-refractivity contribution in [2.75, 3.05) is 0 Å². The van der Waals surface area contributed by atoms with Gasteiger partial charge in [-0.3, -0.25) is 0 Å². The normalized spacial score (nSPS) is 11.6. The highest BCUT2D eigenvalue weighted by atomic mass is 35.5. The molecule has 0 atom stereocenters. The minimum absolute atomic E-state index is 0.225. The number of carbonyl (C=O) groups is 1. The van der Waals surface area contributed by atoms with Gasteiger partial charge in [0.2, 0.25) is 0 Å². The zero-order valence-electron chi connectivity index (χ0n) is 15.7. The molecule has 0 unspecified atom stereocenters. The van der Waals surface area contributed by atoms with Crippen LogP contribution < -0.4 is 10.5 Å². The van der Waals surface area contributed by atoms with Gasteiger partial charge >= 0.3 is 5.97 Å². The molecular weight excluding hydrogens is 441 g/mol. The van der Waals surface area contributed by atoms with Gasteiger partial charge in [-0.2, -0.15) is 5.10 Å². The van der Waals surface area contributed by atoms with E-state index in [1.807, 2.05) is 30.3 Å². The lowest BCUT2D eigenvalue weighted by Crippen LogP contribution is -2.09. The summed E-state index contributed by atoms with van der Waals surface area (Å²) in [5.74, 6) is 0.486. The molecule has 8 heteroatoms. The van der Waals surface area contributed by atoms with Gasteiger partial charge in [0, 0.05) is 10.8 Å². The highest BCUT2D eigenvalue weighted by molar-refractivity contribution is 8.13. The SMILES string of the molecule is NC(=NN=Cc1cccc(OC(=O)c2ccc(Cl)cc2Cl)c1)SCc1ccccc1. The van der Waals surface area contributed by atoms with E-state index in [1.54, 1.807) is 30.3 Å². The largest absolute Gasteiger partial charge is 0.423 e. The number of halogens is 2. The first-order valence-electron chi connectivity index (χ1n) is 8.82. The fourth-order valence-electron chi connectivity index (χ4n) is 2.39. The van der Waals surface area contributed by atoms with Gasteiger partial charge in [-0.1, -0.05) is 77.4 Å². The van der Waals surface area contributed by atoms with E-state index < -0.39 is 5.97 Å². The molecule has 0 saturated carbocycles. The zero-order chi connectivity index (χ0) is 21.3. The Morgan fingerprint density at radius 2 is 1.83 bits per heavy atom. The fourth-order valence-corrected chi connectivity index (χ4v) is 3.49. The summed E-state index contributed by atoms with van der Waals surface area (Å²) in [6.45, 7) is 0. The quantitative estimate of drug-likeness (QED) is 0.167. The maximum Gasteiger partial charge on any atom is 0.345 e. The van der Waals surface area contributed by atoms with Crippen LogP contribution in [0.2, 0.25) is 10.0 Å². The van der Waals surface area contributed by atoms with E-state index in [2.05, 4.69) is 10.2 Å². The third-order valence-corrected chi connectivity index (χ3v) is 5.22. The number of nitrogens with zero attached hydrogens (tertiary/aromatic N) is 2. The number of esters is 1. The first-order valence-corrected chi connectivity index (χ1v) is 10.6. The molecule has 0 saturated heterocycles. The molecular formula is C22H17Cl2N3O2S. The van der Waals surface area contributed by atoms with E-state index in [0.717, 1.165) is 5.56 Å². The van der Waals surface area contributed by atoms with E-state index in [4.69, 9.17) is 33.7 Å². The molecule has 5 nitrogen and oxygen atoms in total. The molecule has 0 radical (unpaired) electrons. The van der Waals surface area contributed by atoms with Crippen molar-refractivity contribution in [3.63, 3.8) is 0 Å². The number of hydrogen-bond acceptors (Lipinski definition) is 5. The van der Waals surface area contributed by atoms with Crippen LogP contribution in [0, 0.1) is 0 Å². The van der Waals surface area contributed by atoms with Crippen LogP contribution in [0.25, 0.3) is 0 Å². The average Bonchev–Trinajstić information content (AvgIpc) is 2.73. The van der Waals surface area contributed by atoms with Crippen molar-refractivity contribution in [2.24, 2.45) is 15.9 Å². The van der Waals surface area contributed by atoms with Gasteiger partial charge in [-0.25, -0.2) is 4.79 Å². The summed E-state index contributed by atoms with van der Waals surface area (Å²) < 4.78 is 5.38. The summed E-state index contributed by atoms with van der Waals surface area (Å²) in [6, 6.07) is 21.4. The molecule has 30 heavy (non-hydrogen) atoms. The van der Waals surface area contributed by atoms with Crippen molar-refractivity contribution in [3.8, 4) is 5.75 Å². The van der Waals surface area contributed by atoms with Gasteiger partial charge in [0.25, 0.3) is 0 Å². The van der Waals surface area contributed by atoms with Crippen LogP contribution in [0.1, 0.15) is 21.5 Å². The minimum Gasteiger partial charge on any atom is -0.423 e. The smallest absolute Gasteiger partial charge is 0.345 e. The van der Waals surface area contributed by atoms with E-state index in [9.17, 15) is 4.79 Å². The Kier molecular flexibility index (Phi) is 7.90. The number of benzene rings is 3. The number of ether oxygens (including phenoxy) is 1. The van der Waals surface area contributed by atoms with Gasteiger partial charge in [0.05, 0.1) is 16.8 Å². The van der Waals surface area contributed by atoms with E-state index >= 15 is 0 Å². The Labute approximate surface area is 188 Å². The van der Waals surface area contributed by atoms with Crippen LogP contribution >= 0.6 is 35.0 Å². The van der Waals surface area contributed by atoms with Gasteiger partial charge in [0.1, 0.15) is 5.75 Å². The first kappa shape index (κ1) is 21.9. The molecule has 2 N–H and O–H groups in total. The standard InChI is InChI=1S/C22H17Cl2N3O2S/c23-17-9-10-19(20(24)12-17)21(28)29-18-8-4-7-16(11-18)13-26-27-22(25)30-14-15-5-2-1-3-6-15/h1-13H,14H2,(H2,25,27). The summed E-state index contributed by atoms with van der Waals surface area (Å²) in [7, 11) is 0. The predicted molar refractivity (Wildman–Crippen MR) is 125 cm³/mol. The molecule has 0 spiro atoms. The second kappa shape index (κ2) is 10.8. The fraction of sp³-hybridized carbons (Fsp3) is 0.0455. The summed E-state index contributed by atoms with van der Waals surface area (Å²) in [5.41, 5.74) is 7.96. The molecule has 0 bridgehead atoms. The Morgan fingerprint density at radius 3 is 2.60 bits per heavy atom. The predicted octanol–water partition coefficient (Wildman–Crippen LogP) is 5.79. The first-order chi connectivity index (χ1) is 14.5. The Morgan fingerprint density at radius 1 is 1.03 bits per heavy atom. The van der Waals surface area contributed by atoms with Gasteiger partial charge in [0.15, 0.2) is 5.17 Å². The van der Waals surface area contributed by atoms with Crippen LogP contribution in [-0.2, 0) is 5.75 Å². The summed E-state index contributed by atoms with van der Waals surface area (Å²) >= 11 is 13.3. The molecule has 3 aromatic rings. The van der Waals surface area contributed by atoms with Gasteiger partial charge < -0.3 is 10.5 Å². The highest BCUT2D eigenvalue weighted by Crippen LogP contribution is 2.23. The highest BCUT2D eigenvalue weighted by Gasteiger charge is 2.13. The summed E-state index contributed by atoms with van der Waals surface area (Å²) in [5, 5.41) is 9.00. The zero-order valence-corrected chi connectivity index (χ0v) is 18.0. The topological polar surface area (TPSA) is 77.0 Å². The molecule has 152 valence electrons. The van der Waals surface area contributed by atoms with Crippen molar-refractivity contribution < 1.29 is 9.53 Å². The minimum atomic E-state index is -0.578. The van der Waals surface area contributed by atoms with Gasteiger partial charge in [-0.05, 0) is 41.5 Å². The van der Waals surface area contributed by atoms with Crippen molar-refractivity contribution in [3.05, 3.63) is 99.5 Å². The van der Waals surface area contributed by atoms with Crippen molar-refractivity contribution in [2.45, 2.75) is 5.75 Å². The number of thioether (sulfide) groups is 1. The van der Waals surface area contributed by atoms with Crippen molar-refractivity contribution >= 4 is 52.3 Å². The number of hydrogen-bond donors (Lipinski definition) is 1. The molecule has 3 aromatic carbocycles. The molecule has 0 aliphatic rings. The van der Waals surface area contributed by atoms with Crippen molar-refractivity contribution in [1.82, 2.24) is 0 Å². The third-order valence-electron chi connectivity index (χ3n) is 3.81. The molecule has 0 fully saturated rings. The molecule has 0 aromatic heterocycles. The number of amidine groups is 1. The van der Waals surface area contributed by atoms with E-state index in [0.29, 0.717) is 27.3 Å². The maximum absolute atomic E-state index is 12.3. The Balaban J connectivity index is 1.60. The van der Waals surface area contributed by atoms with Crippen molar-refractivity contribution in [1.29, 1.82) is 0 Å². The monoisotopic (exact) mass is 457 g/mol. The molecule has 3 rings (SSSR count). The summed E-state index contributed by atoms with van der Waals surface area (Å²) in [4.78, 5) is 12.3. The molecule has 0 aliphatic heterocycles. The summed E-state index contributed by atoms with van der Waals surface area (Å²) in [6.07, 6.45) is 1.53. The lowest BCUT2D eigenvalue weighted by Gasteiger charge is -2.06. The van der Waals surface area contributed by atoms with E-state index in [-0.39, 0.29) is 10.6 Å². The Hall–Kier alpha value is -2.80. The van der Waals surface area contributed by atoms with Crippen LogP contribution in [0.4, 0.5) is 0 Å². The average molecular weight is 458 g/mol. The lowest BCUT2D eigenvalue weighted by molar-refractivity contribution is 0.0735. The van der Waals surface area contributed by atoms with Gasteiger partial charge in [-0.15, -0.1) is 5.10 Å². The molecule has 0 aliphatic carbocycles. The van der Waals surface area contributed by atoms with E-state index in [1.165, 1.54) is 30.1 Å². The third kappa shape index (κ3) is 6.62. The molecule has 0 amide bonds. The Bertz CT molecular complexity index is 1090. The second-order valence-electron chi connectivity index (χ2n) is 6.04. The van der Waals surface area contributed by atoms with Crippen LogP contribution in [0.5, 0.6) is 5.75 Å². The second-order valence-corrected chi connectivity index (χ2v) is 7.88. The number of nitrogens with two attached hydrogens (primary N) is 1. The van der Waals surface area contributed by atoms with Crippen LogP contribution in [0.3, 0.4) is 0 Å². The lowest BCUT2D eigenvalue weighted by atomic mass is 10.2. The van der Waals surface area contributed by atoms with Crippen LogP contribution in [-0.4, -0.2) is 17.4 Å². The van der Waals surface area contributed by atoms with Crippen LogP contribution in [0.15, 0.2) is 83.0 Å². The maximum atomic E-state index is 12.3. The number of rotatable bonds is 6. The molecule has 0 heterocycles. The number of carbonyl (C=O) groups excluding carboxylic acids is 1.